The summed E-state index contributed by atoms with van der Waals surface area (Å²) in [5.74, 6) is 1.70. The van der Waals surface area contributed by atoms with E-state index in [-0.39, 0.29) is 12.1 Å². The van der Waals surface area contributed by atoms with Crippen LogP contribution in [-0.2, 0) is 10.8 Å². The molecule has 3 aliphatic rings. The topological polar surface area (TPSA) is 81.0 Å². The highest BCUT2D eigenvalue weighted by Gasteiger charge is 2.52. The standard InChI is InChI=1S/C11H19NO4S/c13-8-3-6-1-2-17(16)5-7(6)12-4-9(14)11(15)10(8)12/h6-11,13-15H,1-5H2/t6?,7?,8-,9-,10-,11-,17?/m1/s1. The number of fused-ring (bicyclic) bond motifs is 3. The van der Waals surface area contributed by atoms with Crippen LogP contribution in [0.3, 0.4) is 0 Å². The van der Waals surface area contributed by atoms with E-state index in [1.807, 2.05) is 4.90 Å². The Bertz CT molecular complexity index is 339. The van der Waals surface area contributed by atoms with Crippen LogP contribution in [0.4, 0.5) is 0 Å². The van der Waals surface area contributed by atoms with Crippen LogP contribution in [0.1, 0.15) is 12.8 Å². The molecule has 3 N–H and O–H groups in total. The third-order valence-electron chi connectivity index (χ3n) is 4.51. The van der Waals surface area contributed by atoms with Gasteiger partial charge < -0.3 is 15.3 Å². The molecule has 7 atom stereocenters. The average molecular weight is 261 g/mol. The molecule has 3 saturated heterocycles. The molecule has 0 aromatic heterocycles. The molecule has 3 fully saturated rings. The average Bonchev–Trinajstić information content (AvgIpc) is 2.58. The van der Waals surface area contributed by atoms with E-state index in [0.29, 0.717) is 24.6 Å². The summed E-state index contributed by atoms with van der Waals surface area (Å²) in [5, 5.41) is 29.7. The molecule has 3 aliphatic heterocycles. The second-order valence-corrected chi connectivity index (χ2v) is 7.10. The Hall–Kier alpha value is -0.0100. The molecule has 0 aromatic rings. The molecule has 0 aliphatic carbocycles. The predicted octanol–water partition coefficient (Wildman–Crippen LogP) is -1.71. The first-order valence-electron chi connectivity index (χ1n) is 6.23. The monoisotopic (exact) mass is 261 g/mol. The second kappa shape index (κ2) is 4.28. The van der Waals surface area contributed by atoms with E-state index in [4.69, 9.17) is 0 Å². The highest BCUT2D eigenvalue weighted by Crippen LogP contribution is 2.38. The molecule has 17 heavy (non-hydrogen) atoms. The molecule has 3 unspecified atom stereocenters. The van der Waals surface area contributed by atoms with Gasteiger partial charge in [0, 0.05) is 34.9 Å². The van der Waals surface area contributed by atoms with Gasteiger partial charge in [0.2, 0.25) is 0 Å². The molecule has 0 spiro atoms. The summed E-state index contributed by atoms with van der Waals surface area (Å²) in [6, 6.07) is -0.217. The lowest BCUT2D eigenvalue weighted by atomic mass is 9.82. The fourth-order valence-electron chi connectivity index (χ4n) is 3.65. The van der Waals surface area contributed by atoms with Gasteiger partial charge in [0.15, 0.2) is 0 Å². The van der Waals surface area contributed by atoms with E-state index in [2.05, 4.69) is 0 Å². The number of rotatable bonds is 0. The summed E-state index contributed by atoms with van der Waals surface area (Å²) in [4.78, 5) is 1.99. The third-order valence-corrected chi connectivity index (χ3v) is 5.91. The molecule has 3 rings (SSSR count). The minimum Gasteiger partial charge on any atom is -0.391 e. The van der Waals surface area contributed by atoms with Crippen molar-refractivity contribution in [2.75, 3.05) is 18.1 Å². The van der Waals surface area contributed by atoms with Gasteiger partial charge >= 0.3 is 0 Å². The Morgan fingerprint density at radius 2 is 1.94 bits per heavy atom. The summed E-state index contributed by atoms with van der Waals surface area (Å²) < 4.78 is 11.6. The van der Waals surface area contributed by atoms with Crippen LogP contribution in [0.2, 0.25) is 0 Å². The van der Waals surface area contributed by atoms with E-state index >= 15 is 0 Å². The quantitative estimate of drug-likeness (QED) is 0.484. The van der Waals surface area contributed by atoms with Crippen molar-refractivity contribution in [1.82, 2.24) is 4.90 Å². The maximum Gasteiger partial charge on any atom is 0.0991 e. The Morgan fingerprint density at radius 3 is 2.71 bits per heavy atom. The van der Waals surface area contributed by atoms with Gasteiger partial charge in [-0.05, 0) is 18.8 Å². The minimum atomic E-state index is -0.874. The fraction of sp³-hybridized carbons (Fsp3) is 1.00. The Kier molecular flexibility index (Phi) is 3.03. The SMILES string of the molecule is O=S1CCC2C[C@@H](O)[C@@H]3[C@H](O)[C@H](O)CN3C2C1. The molecule has 5 nitrogen and oxygen atoms in total. The summed E-state index contributed by atoms with van der Waals surface area (Å²) in [6.07, 6.45) is -0.698. The minimum absolute atomic E-state index is 0.157. The summed E-state index contributed by atoms with van der Waals surface area (Å²) in [6.45, 7) is 0.390. The van der Waals surface area contributed by atoms with E-state index in [9.17, 15) is 19.5 Å². The van der Waals surface area contributed by atoms with Gasteiger partial charge in [0.05, 0.1) is 24.4 Å². The van der Waals surface area contributed by atoms with Gasteiger partial charge in [0.1, 0.15) is 0 Å². The molecule has 0 amide bonds. The Morgan fingerprint density at radius 1 is 1.18 bits per heavy atom. The highest BCUT2D eigenvalue weighted by molar-refractivity contribution is 7.85. The van der Waals surface area contributed by atoms with Gasteiger partial charge in [-0.25, -0.2) is 0 Å². The van der Waals surface area contributed by atoms with E-state index in [0.717, 1.165) is 12.2 Å². The lowest BCUT2D eigenvalue weighted by molar-refractivity contribution is -0.0633. The first-order chi connectivity index (χ1) is 8.08. The lowest BCUT2D eigenvalue weighted by Crippen LogP contribution is -2.60. The Labute approximate surface area is 103 Å². The van der Waals surface area contributed by atoms with Crippen LogP contribution in [0.15, 0.2) is 0 Å². The predicted molar refractivity (Wildman–Crippen MR) is 62.9 cm³/mol. The molecule has 6 heteroatoms. The molecular weight excluding hydrogens is 242 g/mol. The highest BCUT2D eigenvalue weighted by atomic mass is 32.2. The molecule has 98 valence electrons. The van der Waals surface area contributed by atoms with E-state index < -0.39 is 29.1 Å². The number of aliphatic hydroxyl groups excluding tert-OH is 3. The zero-order valence-corrected chi connectivity index (χ0v) is 10.4. The van der Waals surface area contributed by atoms with E-state index in [1.165, 1.54) is 0 Å². The van der Waals surface area contributed by atoms with E-state index in [1.54, 1.807) is 0 Å². The number of piperidine rings is 1. The lowest BCUT2D eigenvalue weighted by Gasteiger charge is -2.47. The van der Waals surface area contributed by atoms with Crippen molar-refractivity contribution in [3.63, 3.8) is 0 Å². The van der Waals surface area contributed by atoms with Crippen LogP contribution in [0.5, 0.6) is 0 Å². The zero-order valence-electron chi connectivity index (χ0n) is 9.60. The number of hydrogen-bond donors (Lipinski definition) is 3. The first-order valence-corrected chi connectivity index (χ1v) is 7.71. The molecule has 0 aromatic carbocycles. The molecule has 0 bridgehead atoms. The smallest absolute Gasteiger partial charge is 0.0991 e. The van der Waals surface area contributed by atoms with Crippen LogP contribution >= 0.6 is 0 Å². The van der Waals surface area contributed by atoms with Crippen molar-refractivity contribution in [3.8, 4) is 0 Å². The van der Waals surface area contributed by atoms with Crippen molar-refractivity contribution < 1.29 is 19.5 Å². The number of nitrogens with zero attached hydrogens (tertiary/aromatic N) is 1. The van der Waals surface area contributed by atoms with Crippen LogP contribution in [0.25, 0.3) is 0 Å². The maximum absolute atomic E-state index is 11.6. The largest absolute Gasteiger partial charge is 0.391 e. The van der Waals surface area contributed by atoms with Gasteiger partial charge in [-0.1, -0.05) is 0 Å². The maximum atomic E-state index is 11.6. The van der Waals surface area contributed by atoms with Crippen molar-refractivity contribution in [2.24, 2.45) is 5.92 Å². The van der Waals surface area contributed by atoms with Crippen LogP contribution in [0, 0.1) is 5.92 Å². The normalized spacial score (nSPS) is 55.4. The molecule has 0 saturated carbocycles. The number of hydrogen-bond acceptors (Lipinski definition) is 5. The van der Waals surface area contributed by atoms with Crippen LogP contribution in [-0.4, -0.2) is 72.9 Å². The summed E-state index contributed by atoms with van der Waals surface area (Å²) >= 11 is 0. The van der Waals surface area contributed by atoms with Gasteiger partial charge in [0.25, 0.3) is 0 Å². The fourth-order valence-corrected chi connectivity index (χ4v) is 5.23. The summed E-state index contributed by atoms with van der Waals surface area (Å²) in [7, 11) is -0.788. The Balaban J connectivity index is 1.86. The van der Waals surface area contributed by atoms with Crippen molar-refractivity contribution in [3.05, 3.63) is 0 Å². The van der Waals surface area contributed by atoms with Gasteiger partial charge in [-0.15, -0.1) is 0 Å². The summed E-state index contributed by atoms with van der Waals surface area (Å²) in [5.41, 5.74) is 0. The molecular formula is C11H19NO4S. The van der Waals surface area contributed by atoms with Gasteiger partial charge in [-0.2, -0.15) is 0 Å². The van der Waals surface area contributed by atoms with Gasteiger partial charge in [-0.3, -0.25) is 9.11 Å². The third kappa shape index (κ3) is 1.86. The first kappa shape index (κ1) is 12.0. The van der Waals surface area contributed by atoms with Crippen molar-refractivity contribution >= 4 is 10.8 Å². The molecule has 3 heterocycles. The van der Waals surface area contributed by atoms with Crippen LogP contribution < -0.4 is 0 Å². The van der Waals surface area contributed by atoms with Crippen molar-refractivity contribution in [1.29, 1.82) is 0 Å². The zero-order chi connectivity index (χ0) is 12.2. The van der Waals surface area contributed by atoms with Crippen molar-refractivity contribution in [2.45, 2.75) is 43.2 Å². The second-order valence-electron chi connectivity index (χ2n) is 5.48. The number of aliphatic hydroxyl groups is 3. The molecule has 0 radical (unpaired) electrons.